The molecule has 0 saturated heterocycles. The normalized spacial score (nSPS) is 11.3. The molecule has 0 aliphatic carbocycles. The molecule has 2 aromatic heterocycles. The monoisotopic (exact) mass is 506 g/mol. The zero-order valence-corrected chi connectivity index (χ0v) is 25.1. The van der Waals surface area contributed by atoms with Gasteiger partial charge in [-0.3, -0.25) is 9.97 Å². The van der Waals surface area contributed by atoms with Crippen LogP contribution in [0.2, 0.25) is 0 Å². The van der Waals surface area contributed by atoms with Gasteiger partial charge in [0.15, 0.2) is 0 Å². The first kappa shape index (κ1) is 29.3. The van der Waals surface area contributed by atoms with Gasteiger partial charge in [0.2, 0.25) is 0 Å². The summed E-state index contributed by atoms with van der Waals surface area (Å²) in [4.78, 5) is 9.07. The van der Waals surface area contributed by atoms with Gasteiger partial charge in [-0.15, -0.1) is 0 Å². The fraction of sp³-hybridized carbons (Fsp3) is 0.389. The van der Waals surface area contributed by atoms with E-state index in [9.17, 15) is 0 Å². The van der Waals surface area contributed by atoms with E-state index in [1.165, 1.54) is 55.9 Å². The van der Waals surface area contributed by atoms with Gasteiger partial charge in [-0.05, 0) is 94.2 Å². The maximum atomic E-state index is 4.54. The molecule has 0 N–H and O–H groups in total. The van der Waals surface area contributed by atoms with E-state index in [1.54, 1.807) is 0 Å². The summed E-state index contributed by atoms with van der Waals surface area (Å²) in [7, 11) is 0. The third-order valence-electron chi connectivity index (χ3n) is 7.31. The highest BCUT2D eigenvalue weighted by Crippen LogP contribution is 2.32. The highest BCUT2D eigenvalue weighted by Gasteiger charge is 2.15. The number of rotatable bonds is 6. The maximum Gasteiger partial charge on any atom is 0.0464 e. The van der Waals surface area contributed by atoms with Crippen molar-refractivity contribution in [1.29, 1.82) is 0 Å². The predicted molar refractivity (Wildman–Crippen MR) is 165 cm³/mol. The standard InChI is InChI=1S/C18H24N2.C18H22/c1-11(2)17-13(5)15(7-9-19-17)16-8-10-20-18(12(3)4)14(16)6;1-13(2)15-7-5-9-17(11-15)18-10-6-8-16(12-18)14(3)4/h7-12H,1-6H3;5-14H,1-4H3. The Kier molecular flexibility index (Phi) is 10.0. The van der Waals surface area contributed by atoms with Crippen molar-refractivity contribution in [2.75, 3.05) is 0 Å². The Hall–Kier alpha value is -3.26. The molecule has 0 saturated carbocycles. The summed E-state index contributed by atoms with van der Waals surface area (Å²) in [5.41, 5.74) is 13.0. The number of hydrogen-bond donors (Lipinski definition) is 0. The van der Waals surface area contributed by atoms with Gasteiger partial charge in [-0.2, -0.15) is 0 Å². The average Bonchev–Trinajstić information content (AvgIpc) is 2.89. The van der Waals surface area contributed by atoms with Crippen molar-refractivity contribution in [3.63, 3.8) is 0 Å². The summed E-state index contributed by atoms with van der Waals surface area (Å²) in [5, 5.41) is 0. The van der Waals surface area contributed by atoms with Crippen LogP contribution in [0, 0.1) is 13.8 Å². The van der Waals surface area contributed by atoms with Crippen molar-refractivity contribution >= 4 is 0 Å². The van der Waals surface area contributed by atoms with Crippen molar-refractivity contribution in [1.82, 2.24) is 9.97 Å². The molecular formula is C36H46N2. The SMILES string of the molecule is CC(C)c1cccc(-c2cccc(C(C)C)c2)c1.Cc1c(-c2ccnc(C(C)C)c2C)ccnc1C(C)C. The van der Waals surface area contributed by atoms with Gasteiger partial charge >= 0.3 is 0 Å². The smallest absolute Gasteiger partial charge is 0.0464 e. The summed E-state index contributed by atoms with van der Waals surface area (Å²) in [5.74, 6) is 2.06. The van der Waals surface area contributed by atoms with Gasteiger partial charge < -0.3 is 0 Å². The molecule has 0 aliphatic rings. The van der Waals surface area contributed by atoms with Crippen LogP contribution in [0.15, 0.2) is 73.1 Å². The van der Waals surface area contributed by atoms with E-state index in [4.69, 9.17) is 0 Å². The molecule has 0 radical (unpaired) electrons. The minimum absolute atomic E-state index is 0.446. The molecule has 2 aromatic carbocycles. The first-order valence-corrected chi connectivity index (χ1v) is 14.1. The van der Waals surface area contributed by atoms with Gasteiger partial charge in [0.05, 0.1) is 0 Å². The quantitative estimate of drug-likeness (QED) is 0.260. The Morgan fingerprint density at radius 3 is 1.16 bits per heavy atom. The average molecular weight is 507 g/mol. The van der Waals surface area contributed by atoms with E-state index in [0.717, 1.165) is 0 Å². The number of hydrogen-bond acceptors (Lipinski definition) is 2. The van der Waals surface area contributed by atoms with Crippen LogP contribution < -0.4 is 0 Å². The van der Waals surface area contributed by atoms with Crippen LogP contribution in [0.3, 0.4) is 0 Å². The van der Waals surface area contributed by atoms with Crippen molar-refractivity contribution in [2.45, 2.75) is 92.9 Å². The molecule has 38 heavy (non-hydrogen) atoms. The number of benzene rings is 2. The molecule has 0 aliphatic heterocycles. The third-order valence-corrected chi connectivity index (χ3v) is 7.31. The predicted octanol–water partition coefficient (Wildman–Crippen LogP) is 10.6. The third kappa shape index (κ3) is 6.98. The maximum absolute atomic E-state index is 4.54. The van der Waals surface area contributed by atoms with Gasteiger partial charge in [0.25, 0.3) is 0 Å². The summed E-state index contributed by atoms with van der Waals surface area (Å²) in [6.45, 7) is 22.1. The Labute approximate surface area is 231 Å². The van der Waals surface area contributed by atoms with Crippen LogP contribution in [-0.2, 0) is 0 Å². The first-order valence-electron chi connectivity index (χ1n) is 14.1. The molecule has 0 atom stereocenters. The zero-order valence-electron chi connectivity index (χ0n) is 25.1. The van der Waals surface area contributed by atoms with E-state index in [0.29, 0.717) is 23.7 Å². The molecule has 0 fully saturated rings. The fourth-order valence-corrected chi connectivity index (χ4v) is 5.01. The number of pyridine rings is 2. The second-order valence-corrected chi connectivity index (χ2v) is 11.6. The Bertz CT molecular complexity index is 1240. The van der Waals surface area contributed by atoms with E-state index in [1.807, 2.05) is 12.4 Å². The van der Waals surface area contributed by atoms with Crippen molar-refractivity contribution < 1.29 is 0 Å². The Morgan fingerprint density at radius 1 is 0.474 bits per heavy atom. The fourth-order valence-electron chi connectivity index (χ4n) is 5.01. The molecule has 0 spiro atoms. The molecule has 0 bridgehead atoms. The molecule has 0 unspecified atom stereocenters. The van der Waals surface area contributed by atoms with E-state index in [2.05, 4.69) is 140 Å². The molecular weight excluding hydrogens is 460 g/mol. The second kappa shape index (κ2) is 13.0. The Morgan fingerprint density at radius 2 is 0.842 bits per heavy atom. The minimum atomic E-state index is 0.446. The molecule has 200 valence electrons. The van der Waals surface area contributed by atoms with Crippen LogP contribution in [0.1, 0.15) is 113 Å². The second-order valence-electron chi connectivity index (χ2n) is 11.6. The van der Waals surface area contributed by atoms with E-state index >= 15 is 0 Å². The molecule has 2 heterocycles. The van der Waals surface area contributed by atoms with Gasteiger partial charge in [0.1, 0.15) is 0 Å². The van der Waals surface area contributed by atoms with Crippen LogP contribution in [0.4, 0.5) is 0 Å². The van der Waals surface area contributed by atoms with Gasteiger partial charge in [-0.1, -0.05) is 104 Å². The van der Waals surface area contributed by atoms with E-state index in [-0.39, 0.29) is 0 Å². The van der Waals surface area contributed by atoms with Crippen molar-refractivity contribution in [3.8, 4) is 22.3 Å². The van der Waals surface area contributed by atoms with Crippen LogP contribution in [0.5, 0.6) is 0 Å². The highest BCUT2D eigenvalue weighted by molar-refractivity contribution is 5.71. The summed E-state index contributed by atoms with van der Waals surface area (Å²) in [6, 6.07) is 22.0. The summed E-state index contributed by atoms with van der Waals surface area (Å²) in [6.07, 6.45) is 3.85. The minimum Gasteiger partial charge on any atom is -0.261 e. The summed E-state index contributed by atoms with van der Waals surface area (Å²) < 4.78 is 0. The lowest BCUT2D eigenvalue weighted by Crippen LogP contribution is -2.02. The number of nitrogens with zero attached hydrogens (tertiary/aromatic N) is 2. The van der Waals surface area contributed by atoms with Crippen molar-refractivity contribution in [3.05, 3.63) is 107 Å². The zero-order chi connectivity index (χ0) is 28.0. The van der Waals surface area contributed by atoms with E-state index < -0.39 is 0 Å². The summed E-state index contributed by atoms with van der Waals surface area (Å²) >= 11 is 0. The molecule has 0 amide bonds. The lowest BCUT2D eigenvalue weighted by Gasteiger charge is -2.17. The molecule has 4 rings (SSSR count). The van der Waals surface area contributed by atoms with Crippen molar-refractivity contribution in [2.24, 2.45) is 0 Å². The highest BCUT2D eigenvalue weighted by atomic mass is 14.7. The molecule has 2 nitrogen and oxygen atoms in total. The lowest BCUT2D eigenvalue weighted by molar-refractivity contribution is 0.808. The number of aromatic nitrogens is 2. The van der Waals surface area contributed by atoms with Gasteiger partial charge in [0, 0.05) is 23.8 Å². The van der Waals surface area contributed by atoms with Crippen LogP contribution in [-0.4, -0.2) is 9.97 Å². The Balaban J connectivity index is 0.000000212. The van der Waals surface area contributed by atoms with Gasteiger partial charge in [-0.25, -0.2) is 0 Å². The molecule has 2 heteroatoms. The largest absolute Gasteiger partial charge is 0.261 e. The topological polar surface area (TPSA) is 25.8 Å². The van der Waals surface area contributed by atoms with Crippen LogP contribution in [0.25, 0.3) is 22.3 Å². The first-order chi connectivity index (χ1) is 18.0. The lowest BCUT2D eigenvalue weighted by atomic mass is 9.91. The molecule has 4 aromatic rings. The van der Waals surface area contributed by atoms with Crippen LogP contribution >= 0.6 is 0 Å².